The van der Waals surface area contributed by atoms with E-state index in [1.807, 2.05) is 17.5 Å². The maximum atomic E-state index is 13.5. The molecule has 0 aliphatic carbocycles. The van der Waals surface area contributed by atoms with E-state index in [0.29, 0.717) is 37.0 Å². The SMILES string of the molecule is O=C(CN(CC1CCCO1)C(=O)Nc1ccc(Cl)cc1)N(Cc1ccc(F)cc1)Cc1cccs1. The van der Waals surface area contributed by atoms with Crippen molar-refractivity contribution < 1.29 is 18.7 Å². The molecule has 0 radical (unpaired) electrons. The Hall–Kier alpha value is -2.94. The molecule has 1 atom stereocenters. The molecule has 1 aliphatic heterocycles. The van der Waals surface area contributed by atoms with Crippen LogP contribution >= 0.6 is 22.9 Å². The number of hydrogen-bond acceptors (Lipinski definition) is 4. The average molecular weight is 516 g/mol. The second-order valence-corrected chi connectivity index (χ2v) is 9.88. The van der Waals surface area contributed by atoms with Crippen LogP contribution in [0.15, 0.2) is 66.0 Å². The molecule has 1 aliphatic rings. The van der Waals surface area contributed by atoms with Crippen molar-refractivity contribution in [3.63, 3.8) is 0 Å². The van der Waals surface area contributed by atoms with E-state index < -0.39 is 0 Å². The van der Waals surface area contributed by atoms with Gasteiger partial charge >= 0.3 is 6.03 Å². The molecule has 1 aromatic heterocycles. The van der Waals surface area contributed by atoms with Crippen molar-refractivity contribution in [3.05, 3.63) is 87.3 Å². The van der Waals surface area contributed by atoms with Crippen molar-refractivity contribution in [3.8, 4) is 0 Å². The zero-order valence-electron chi connectivity index (χ0n) is 19.2. The normalized spacial score (nSPS) is 15.1. The second kappa shape index (κ2) is 12.2. The van der Waals surface area contributed by atoms with Crippen LogP contribution in [0.2, 0.25) is 5.02 Å². The van der Waals surface area contributed by atoms with Gasteiger partial charge in [-0.3, -0.25) is 4.79 Å². The lowest BCUT2D eigenvalue weighted by molar-refractivity contribution is -0.133. The molecule has 6 nitrogen and oxygen atoms in total. The summed E-state index contributed by atoms with van der Waals surface area (Å²) in [5, 5.41) is 5.38. The summed E-state index contributed by atoms with van der Waals surface area (Å²) in [6.07, 6.45) is 1.66. The lowest BCUT2D eigenvalue weighted by Crippen LogP contribution is -2.46. The van der Waals surface area contributed by atoms with Crippen LogP contribution in [-0.4, -0.2) is 47.5 Å². The lowest BCUT2D eigenvalue weighted by Gasteiger charge is -2.29. The number of nitrogens with one attached hydrogen (secondary N) is 1. The van der Waals surface area contributed by atoms with Crippen molar-refractivity contribution in [2.75, 3.05) is 25.0 Å². The Kier molecular flexibility index (Phi) is 8.74. The summed E-state index contributed by atoms with van der Waals surface area (Å²) in [5.41, 5.74) is 1.40. The standard InChI is InChI=1S/C26H27ClFN3O3S/c27-20-7-11-22(12-8-20)29-26(33)31(16-23-3-1-13-34-23)18-25(32)30(17-24-4-2-14-35-24)15-19-5-9-21(28)10-6-19/h2,4-12,14,23H,1,3,13,15-18H2,(H,29,33). The minimum atomic E-state index is -0.381. The molecule has 0 spiro atoms. The van der Waals surface area contributed by atoms with Gasteiger partial charge in [0.1, 0.15) is 12.4 Å². The number of ether oxygens (including phenoxy) is 1. The number of amides is 3. The molecule has 3 amide bonds. The number of hydrogen-bond donors (Lipinski definition) is 1. The number of carbonyl (C=O) groups is 2. The van der Waals surface area contributed by atoms with Crippen LogP contribution in [0.1, 0.15) is 23.3 Å². The Morgan fingerprint density at radius 1 is 1.06 bits per heavy atom. The van der Waals surface area contributed by atoms with E-state index >= 15 is 0 Å². The molecule has 1 fully saturated rings. The minimum Gasteiger partial charge on any atom is -0.376 e. The molecular formula is C26H27ClFN3O3S. The Morgan fingerprint density at radius 3 is 2.49 bits per heavy atom. The Bertz CT molecular complexity index is 1100. The smallest absolute Gasteiger partial charge is 0.322 e. The average Bonchev–Trinajstić information content (AvgIpc) is 3.55. The molecule has 35 heavy (non-hydrogen) atoms. The zero-order valence-corrected chi connectivity index (χ0v) is 20.7. The number of rotatable bonds is 9. The summed E-state index contributed by atoms with van der Waals surface area (Å²) in [6.45, 7) is 1.57. The van der Waals surface area contributed by atoms with E-state index in [1.54, 1.807) is 52.6 Å². The Balaban J connectivity index is 1.50. The van der Waals surface area contributed by atoms with E-state index in [9.17, 15) is 14.0 Å². The fourth-order valence-electron chi connectivity index (χ4n) is 3.89. The maximum absolute atomic E-state index is 13.5. The largest absolute Gasteiger partial charge is 0.376 e. The molecule has 184 valence electrons. The molecule has 1 saturated heterocycles. The first kappa shape index (κ1) is 25.2. The molecule has 1 N–H and O–H groups in total. The molecule has 9 heteroatoms. The van der Waals surface area contributed by atoms with Gasteiger partial charge in [-0.15, -0.1) is 11.3 Å². The Morgan fingerprint density at radius 2 is 1.83 bits per heavy atom. The second-order valence-electron chi connectivity index (χ2n) is 8.41. The number of halogens is 2. The summed E-state index contributed by atoms with van der Waals surface area (Å²) in [5.74, 6) is -0.529. The molecule has 4 rings (SSSR count). The van der Waals surface area contributed by atoms with Crippen LogP contribution in [0, 0.1) is 5.82 Å². The molecule has 0 saturated carbocycles. The third kappa shape index (κ3) is 7.52. The number of benzene rings is 2. The number of nitrogens with zero attached hydrogens (tertiary/aromatic N) is 2. The van der Waals surface area contributed by atoms with Gasteiger partial charge in [-0.1, -0.05) is 29.8 Å². The zero-order chi connectivity index (χ0) is 24.6. The first-order valence-corrected chi connectivity index (χ1v) is 12.7. The number of thiophene rings is 1. The molecule has 2 heterocycles. The highest BCUT2D eigenvalue weighted by molar-refractivity contribution is 7.09. The van der Waals surface area contributed by atoms with E-state index in [1.165, 1.54) is 17.0 Å². The fourth-order valence-corrected chi connectivity index (χ4v) is 4.73. The maximum Gasteiger partial charge on any atom is 0.322 e. The highest BCUT2D eigenvalue weighted by Crippen LogP contribution is 2.19. The monoisotopic (exact) mass is 515 g/mol. The molecule has 2 aromatic carbocycles. The fraction of sp³-hybridized carbons (Fsp3) is 0.308. The van der Waals surface area contributed by atoms with Crippen molar-refractivity contribution in [2.24, 2.45) is 0 Å². The third-order valence-electron chi connectivity index (χ3n) is 5.72. The first-order valence-electron chi connectivity index (χ1n) is 11.4. The number of carbonyl (C=O) groups excluding carboxylic acids is 2. The van der Waals surface area contributed by atoms with E-state index in [-0.39, 0.29) is 30.4 Å². The van der Waals surface area contributed by atoms with Gasteiger partial charge in [0, 0.05) is 35.3 Å². The van der Waals surface area contributed by atoms with Crippen molar-refractivity contribution in [1.82, 2.24) is 9.80 Å². The molecule has 1 unspecified atom stereocenters. The highest BCUT2D eigenvalue weighted by Gasteiger charge is 2.27. The van der Waals surface area contributed by atoms with Gasteiger partial charge in [-0.2, -0.15) is 0 Å². The van der Waals surface area contributed by atoms with Crippen LogP contribution in [0.3, 0.4) is 0 Å². The van der Waals surface area contributed by atoms with E-state index in [4.69, 9.17) is 16.3 Å². The third-order valence-corrected chi connectivity index (χ3v) is 6.84. The van der Waals surface area contributed by atoms with E-state index in [2.05, 4.69) is 5.32 Å². The molecular weight excluding hydrogens is 489 g/mol. The number of anilines is 1. The van der Waals surface area contributed by atoms with E-state index in [0.717, 1.165) is 23.3 Å². The van der Waals surface area contributed by atoms with Gasteiger partial charge in [0.2, 0.25) is 5.91 Å². The highest BCUT2D eigenvalue weighted by atomic mass is 35.5. The molecule has 0 bridgehead atoms. The van der Waals surface area contributed by atoms with Gasteiger partial charge in [0.15, 0.2) is 0 Å². The summed E-state index contributed by atoms with van der Waals surface area (Å²) >= 11 is 7.51. The van der Waals surface area contributed by atoms with Gasteiger partial charge < -0.3 is 19.9 Å². The van der Waals surface area contributed by atoms with Crippen LogP contribution in [0.5, 0.6) is 0 Å². The van der Waals surface area contributed by atoms with Crippen molar-refractivity contribution >= 4 is 40.6 Å². The minimum absolute atomic E-state index is 0.105. The van der Waals surface area contributed by atoms with Gasteiger partial charge in [0.25, 0.3) is 0 Å². The van der Waals surface area contributed by atoms with Gasteiger partial charge in [-0.05, 0) is 66.2 Å². The summed E-state index contributed by atoms with van der Waals surface area (Å²) in [4.78, 5) is 30.9. The van der Waals surface area contributed by atoms with Crippen LogP contribution in [0.4, 0.5) is 14.9 Å². The van der Waals surface area contributed by atoms with Gasteiger partial charge in [-0.25, -0.2) is 9.18 Å². The quantitative estimate of drug-likeness (QED) is 0.393. The number of urea groups is 1. The van der Waals surface area contributed by atoms with Gasteiger partial charge in [0.05, 0.1) is 12.6 Å². The topological polar surface area (TPSA) is 61.9 Å². The van der Waals surface area contributed by atoms with Crippen LogP contribution < -0.4 is 5.32 Å². The molecule has 3 aromatic rings. The summed E-state index contributed by atoms with van der Waals surface area (Å²) < 4.78 is 19.1. The van der Waals surface area contributed by atoms with Crippen LogP contribution in [-0.2, 0) is 22.6 Å². The summed E-state index contributed by atoms with van der Waals surface area (Å²) in [7, 11) is 0. The summed E-state index contributed by atoms with van der Waals surface area (Å²) in [6, 6.07) is 16.4. The lowest BCUT2D eigenvalue weighted by atomic mass is 10.2. The van der Waals surface area contributed by atoms with Crippen molar-refractivity contribution in [2.45, 2.75) is 32.0 Å². The Labute approximate surface area is 213 Å². The predicted molar refractivity (Wildman–Crippen MR) is 136 cm³/mol. The predicted octanol–water partition coefficient (Wildman–Crippen LogP) is 5.78. The first-order chi connectivity index (χ1) is 17.0. The van der Waals surface area contributed by atoms with Crippen LogP contribution in [0.25, 0.3) is 0 Å². The van der Waals surface area contributed by atoms with Crippen molar-refractivity contribution in [1.29, 1.82) is 0 Å².